The van der Waals surface area contributed by atoms with Crippen molar-refractivity contribution in [1.29, 1.82) is 0 Å². The molecule has 5 heteroatoms. The first-order valence-electron chi connectivity index (χ1n) is 10.8. The first-order chi connectivity index (χ1) is 14.5. The highest BCUT2D eigenvalue weighted by molar-refractivity contribution is 5.79. The van der Waals surface area contributed by atoms with Crippen molar-refractivity contribution in [1.82, 2.24) is 14.5 Å². The van der Waals surface area contributed by atoms with Gasteiger partial charge in [-0.15, -0.1) is 0 Å². The maximum Gasteiger partial charge on any atom is 0.266 e. The molecule has 1 atom stereocenters. The van der Waals surface area contributed by atoms with Crippen LogP contribution in [0.3, 0.4) is 0 Å². The minimum atomic E-state index is -0.333. The molecule has 0 fully saturated rings. The largest absolute Gasteiger partial charge is 0.336 e. The average molecular weight is 406 g/mol. The Morgan fingerprint density at radius 3 is 2.50 bits per heavy atom. The van der Waals surface area contributed by atoms with Crippen molar-refractivity contribution in [3.63, 3.8) is 0 Å². The molecule has 5 nitrogen and oxygen atoms in total. The van der Waals surface area contributed by atoms with E-state index in [4.69, 9.17) is 4.98 Å². The van der Waals surface area contributed by atoms with Crippen LogP contribution in [0.15, 0.2) is 53.3 Å². The second kappa shape index (κ2) is 9.70. The third-order valence-electron chi connectivity index (χ3n) is 5.75. The fraction of sp³-hybridized carbons (Fsp3) is 0.400. The summed E-state index contributed by atoms with van der Waals surface area (Å²) in [5, 5.41) is 0.574. The van der Waals surface area contributed by atoms with Gasteiger partial charge in [-0.25, -0.2) is 4.98 Å². The van der Waals surface area contributed by atoms with E-state index in [-0.39, 0.29) is 17.5 Å². The molecule has 1 unspecified atom stereocenters. The zero-order valence-corrected chi connectivity index (χ0v) is 18.4. The van der Waals surface area contributed by atoms with E-state index in [0.29, 0.717) is 23.1 Å². The SMILES string of the molecule is CCCCCCC(=O)N(C)C(C)c1nc2ccccc2c(=O)n1-c1ccccc1C. The molecule has 0 saturated carbocycles. The normalized spacial score (nSPS) is 12.1. The Kier molecular flexibility index (Phi) is 7.03. The molecule has 0 aliphatic heterocycles. The van der Waals surface area contributed by atoms with Gasteiger partial charge in [0.2, 0.25) is 5.91 Å². The molecule has 3 aromatic rings. The van der Waals surface area contributed by atoms with E-state index in [9.17, 15) is 9.59 Å². The number of aromatic nitrogens is 2. The molecule has 0 radical (unpaired) electrons. The van der Waals surface area contributed by atoms with E-state index < -0.39 is 0 Å². The van der Waals surface area contributed by atoms with Crippen LogP contribution in [-0.4, -0.2) is 27.4 Å². The first kappa shape index (κ1) is 21.8. The Bertz CT molecular complexity index is 1090. The zero-order valence-electron chi connectivity index (χ0n) is 18.4. The number of rotatable bonds is 8. The van der Waals surface area contributed by atoms with Crippen molar-refractivity contribution in [2.24, 2.45) is 0 Å². The summed E-state index contributed by atoms with van der Waals surface area (Å²) in [5.41, 5.74) is 2.32. The zero-order chi connectivity index (χ0) is 21.7. The van der Waals surface area contributed by atoms with Crippen LogP contribution in [0.4, 0.5) is 0 Å². The van der Waals surface area contributed by atoms with Gasteiger partial charge in [-0.3, -0.25) is 14.2 Å². The van der Waals surface area contributed by atoms with Crippen LogP contribution in [0.5, 0.6) is 0 Å². The van der Waals surface area contributed by atoms with Gasteiger partial charge in [0.05, 0.1) is 22.6 Å². The Hall–Kier alpha value is -2.95. The van der Waals surface area contributed by atoms with E-state index in [1.54, 1.807) is 22.6 Å². The van der Waals surface area contributed by atoms with Gasteiger partial charge in [0.15, 0.2) is 0 Å². The summed E-state index contributed by atoms with van der Waals surface area (Å²) in [6, 6.07) is 14.8. The molecular weight excluding hydrogens is 374 g/mol. The van der Waals surface area contributed by atoms with E-state index in [2.05, 4.69) is 6.92 Å². The molecule has 0 saturated heterocycles. The second-order valence-corrected chi connectivity index (χ2v) is 7.91. The number of aryl methyl sites for hydroxylation is 1. The monoisotopic (exact) mass is 405 g/mol. The van der Waals surface area contributed by atoms with E-state index in [1.807, 2.05) is 56.3 Å². The molecule has 158 valence electrons. The topological polar surface area (TPSA) is 55.2 Å². The lowest BCUT2D eigenvalue weighted by molar-refractivity contribution is -0.132. The van der Waals surface area contributed by atoms with Gasteiger partial charge in [-0.05, 0) is 44.0 Å². The van der Waals surface area contributed by atoms with Crippen LogP contribution in [0.1, 0.15) is 63.4 Å². The van der Waals surface area contributed by atoms with Gasteiger partial charge in [-0.1, -0.05) is 56.5 Å². The first-order valence-corrected chi connectivity index (χ1v) is 10.8. The third-order valence-corrected chi connectivity index (χ3v) is 5.75. The predicted molar refractivity (Wildman–Crippen MR) is 122 cm³/mol. The fourth-order valence-electron chi connectivity index (χ4n) is 3.75. The van der Waals surface area contributed by atoms with Crippen molar-refractivity contribution in [2.45, 2.75) is 58.9 Å². The second-order valence-electron chi connectivity index (χ2n) is 7.91. The highest BCUT2D eigenvalue weighted by Crippen LogP contribution is 2.24. The number of hydrogen-bond acceptors (Lipinski definition) is 3. The van der Waals surface area contributed by atoms with Crippen molar-refractivity contribution < 1.29 is 4.79 Å². The lowest BCUT2D eigenvalue weighted by Gasteiger charge is -2.27. The standard InChI is InChI=1S/C25H31N3O2/c1-5-6-7-8-17-23(29)27(4)19(3)24-26-21-15-11-10-14-20(21)25(30)28(24)22-16-12-9-13-18(22)2/h9-16,19H,5-8,17H2,1-4H3. The summed E-state index contributed by atoms with van der Waals surface area (Å²) in [4.78, 5) is 32.8. The molecule has 0 N–H and O–H groups in total. The van der Waals surface area contributed by atoms with Crippen LogP contribution in [0.25, 0.3) is 16.6 Å². The van der Waals surface area contributed by atoms with E-state index >= 15 is 0 Å². The molecule has 1 amide bonds. The molecule has 0 aliphatic rings. The van der Waals surface area contributed by atoms with Crippen molar-refractivity contribution in [2.75, 3.05) is 7.05 Å². The Labute approximate surface area is 178 Å². The van der Waals surface area contributed by atoms with Gasteiger partial charge in [0.1, 0.15) is 5.82 Å². The van der Waals surface area contributed by atoms with Crippen molar-refractivity contribution in [3.8, 4) is 5.69 Å². The maximum atomic E-state index is 13.5. The molecule has 1 heterocycles. The van der Waals surface area contributed by atoms with E-state index in [1.165, 1.54) is 0 Å². The molecule has 1 aromatic heterocycles. The number of carbonyl (C=O) groups excluding carboxylic acids is 1. The number of carbonyl (C=O) groups is 1. The summed E-state index contributed by atoms with van der Waals surface area (Å²) in [5.74, 6) is 0.662. The summed E-state index contributed by atoms with van der Waals surface area (Å²) < 4.78 is 1.67. The van der Waals surface area contributed by atoms with Gasteiger partial charge in [-0.2, -0.15) is 0 Å². The number of benzene rings is 2. The van der Waals surface area contributed by atoms with Crippen molar-refractivity contribution >= 4 is 16.8 Å². The highest BCUT2D eigenvalue weighted by atomic mass is 16.2. The Morgan fingerprint density at radius 1 is 1.07 bits per heavy atom. The highest BCUT2D eigenvalue weighted by Gasteiger charge is 2.24. The number of amides is 1. The summed E-state index contributed by atoms with van der Waals surface area (Å²) in [7, 11) is 1.80. The third kappa shape index (κ3) is 4.45. The average Bonchev–Trinajstić information content (AvgIpc) is 2.76. The molecule has 2 aromatic carbocycles. The Balaban J connectivity index is 2.06. The molecule has 3 rings (SSSR count). The maximum absolute atomic E-state index is 13.5. The lowest BCUT2D eigenvalue weighted by atomic mass is 10.1. The molecule has 30 heavy (non-hydrogen) atoms. The minimum Gasteiger partial charge on any atom is -0.336 e. The number of fused-ring (bicyclic) bond motifs is 1. The minimum absolute atomic E-state index is 0.0809. The quantitative estimate of drug-likeness (QED) is 0.485. The van der Waals surface area contributed by atoms with Crippen LogP contribution in [0, 0.1) is 6.92 Å². The summed E-state index contributed by atoms with van der Waals surface area (Å²) >= 11 is 0. The van der Waals surface area contributed by atoms with Crippen LogP contribution in [-0.2, 0) is 4.79 Å². The number of unbranched alkanes of at least 4 members (excludes halogenated alkanes) is 3. The molecule has 0 bridgehead atoms. The number of hydrogen-bond donors (Lipinski definition) is 0. The van der Waals surface area contributed by atoms with Gasteiger partial charge in [0.25, 0.3) is 5.56 Å². The van der Waals surface area contributed by atoms with Crippen LogP contribution < -0.4 is 5.56 Å². The molecule has 0 spiro atoms. The lowest BCUT2D eigenvalue weighted by Crippen LogP contribution is -2.35. The summed E-state index contributed by atoms with van der Waals surface area (Å²) in [6.07, 6.45) is 4.75. The predicted octanol–water partition coefficient (Wildman–Crippen LogP) is 5.18. The van der Waals surface area contributed by atoms with Gasteiger partial charge >= 0.3 is 0 Å². The van der Waals surface area contributed by atoms with Crippen LogP contribution in [0.2, 0.25) is 0 Å². The molecular formula is C25H31N3O2. The van der Waals surface area contributed by atoms with Gasteiger partial charge < -0.3 is 4.90 Å². The van der Waals surface area contributed by atoms with Crippen molar-refractivity contribution in [3.05, 3.63) is 70.3 Å². The summed E-state index contributed by atoms with van der Waals surface area (Å²) in [6.45, 7) is 6.08. The van der Waals surface area contributed by atoms with Gasteiger partial charge in [0, 0.05) is 13.5 Å². The smallest absolute Gasteiger partial charge is 0.266 e. The Morgan fingerprint density at radius 2 is 1.77 bits per heavy atom. The number of nitrogens with zero attached hydrogens (tertiary/aromatic N) is 3. The van der Waals surface area contributed by atoms with E-state index in [0.717, 1.165) is 36.9 Å². The fourth-order valence-corrected chi connectivity index (χ4v) is 3.75. The number of para-hydroxylation sites is 2. The van der Waals surface area contributed by atoms with Crippen LogP contribution >= 0.6 is 0 Å². The molecule has 0 aliphatic carbocycles.